The van der Waals surface area contributed by atoms with Crippen LogP contribution in [0.5, 0.6) is 5.75 Å². The van der Waals surface area contributed by atoms with Gasteiger partial charge in [-0.2, -0.15) is 0 Å². The molecule has 2 heterocycles. The third-order valence-corrected chi connectivity index (χ3v) is 4.51. The van der Waals surface area contributed by atoms with E-state index >= 15 is 0 Å². The molecule has 7 nitrogen and oxygen atoms in total. The Labute approximate surface area is 152 Å². The zero-order chi connectivity index (χ0) is 18.8. The summed E-state index contributed by atoms with van der Waals surface area (Å²) < 4.78 is 5.37. The van der Waals surface area contributed by atoms with Gasteiger partial charge in [0, 0.05) is 30.9 Å². The predicted molar refractivity (Wildman–Crippen MR) is 98.6 cm³/mol. The maximum absolute atomic E-state index is 12.9. The predicted octanol–water partition coefficient (Wildman–Crippen LogP) is 2.18. The van der Waals surface area contributed by atoms with Crippen molar-refractivity contribution in [2.75, 3.05) is 14.2 Å². The van der Waals surface area contributed by atoms with E-state index in [1.54, 1.807) is 39.1 Å². The zero-order valence-electron chi connectivity index (χ0n) is 15.3. The van der Waals surface area contributed by atoms with Crippen LogP contribution in [0, 0.1) is 0 Å². The Morgan fingerprint density at radius 3 is 2.81 bits per heavy atom. The van der Waals surface area contributed by atoms with Crippen molar-refractivity contribution in [3.05, 3.63) is 47.3 Å². The molecular weight excluding hydrogens is 332 g/mol. The van der Waals surface area contributed by atoms with Gasteiger partial charge in [-0.25, -0.2) is 4.79 Å². The van der Waals surface area contributed by atoms with Gasteiger partial charge in [-0.15, -0.1) is 0 Å². The van der Waals surface area contributed by atoms with E-state index in [0.29, 0.717) is 23.6 Å². The number of amides is 3. The highest BCUT2D eigenvalue weighted by Crippen LogP contribution is 2.27. The number of ether oxygens (including phenoxy) is 1. The van der Waals surface area contributed by atoms with Crippen LogP contribution in [-0.2, 0) is 11.3 Å². The number of nitrogens with one attached hydrogen (secondary N) is 2. The van der Waals surface area contributed by atoms with Gasteiger partial charge in [0.15, 0.2) is 0 Å². The summed E-state index contributed by atoms with van der Waals surface area (Å²) in [4.78, 5) is 30.5. The fourth-order valence-electron chi connectivity index (χ4n) is 3.25. The van der Waals surface area contributed by atoms with Gasteiger partial charge in [0.25, 0.3) is 5.91 Å². The highest BCUT2D eigenvalue weighted by molar-refractivity contribution is 5.98. The summed E-state index contributed by atoms with van der Waals surface area (Å²) in [6.07, 6.45) is 1.72. The maximum atomic E-state index is 12.9. The number of hydrogen-bond donors (Lipinski definition) is 2. The van der Waals surface area contributed by atoms with Crippen molar-refractivity contribution in [2.45, 2.75) is 26.4 Å². The molecule has 0 saturated heterocycles. The number of urea groups is 1. The highest BCUT2D eigenvalue weighted by Gasteiger charge is 2.28. The van der Waals surface area contributed by atoms with Crippen molar-refractivity contribution >= 4 is 22.8 Å². The summed E-state index contributed by atoms with van der Waals surface area (Å²) in [7, 11) is 3.36. The highest BCUT2D eigenvalue weighted by atomic mass is 16.5. The van der Waals surface area contributed by atoms with E-state index in [4.69, 9.17) is 4.74 Å². The smallest absolute Gasteiger partial charge is 0.319 e. The van der Waals surface area contributed by atoms with Crippen molar-refractivity contribution in [1.82, 2.24) is 20.5 Å². The molecule has 1 aromatic carbocycles. The molecule has 1 aromatic heterocycles. The molecule has 3 amide bonds. The second kappa shape index (κ2) is 7.03. The number of allylic oxidation sites excluding steroid dienone is 1. The first-order valence-electron chi connectivity index (χ1n) is 8.36. The molecule has 7 heteroatoms. The maximum Gasteiger partial charge on any atom is 0.319 e. The lowest BCUT2D eigenvalue weighted by atomic mass is 10.0. The molecule has 0 unspecified atom stereocenters. The van der Waals surface area contributed by atoms with Gasteiger partial charge in [-0.05, 0) is 31.5 Å². The molecule has 1 aliphatic heterocycles. The quantitative estimate of drug-likeness (QED) is 0.881. The van der Waals surface area contributed by atoms with E-state index in [9.17, 15) is 9.59 Å². The van der Waals surface area contributed by atoms with Crippen LogP contribution in [0.15, 0.2) is 41.7 Å². The molecule has 1 aliphatic rings. The number of nitrogens with zero attached hydrogens (tertiary/aromatic N) is 2. The molecule has 0 saturated carbocycles. The number of likely N-dealkylation sites (N-methyl/N-ethyl adjacent to an activating group) is 1. The molecule has 3 rings (SSSR count). The number of rotatable bonds is 4. The van der Waals surface area contributed by atoms with E-state index in [1.165, 1.54) is 0 Å². The Morgan fingerprint density at radius 2 is 2.12 bits per heavy atom. The van der Waals surface area contributed by atoms with Crippen molar-refractivity contribution < 1.29 is 14.3 Å². The number of methoxy groups -OCH3 is 1. The van der Waals surface area contributed by atoms with Crippen LogP contribution in [-0.4, -0.2) is 42.0 Å². The van der Waals surface area contributed by atoms with Crippen LogP contribution in [0.1, 0.15) is 19.4 Å². The van der Waals surface area contributed by atoms with Gasteiger partial charge in [-0.3, -0.25) is 9.78 Å². The average Bonchev–Trinajstić information content (AvgIpc) is 2.61. The average molecular weight is 354 g/mol. The molecule has 2 aromatic rings. The van der Waals surface area contributed by atoms with Gasteiger partial charge in [0.05, 0.1) is 18.7 Å². The molecule has 0 aliphatic carbocycles. The van der Waals surface area contributed by atoms with Crippen LogP contribution >= 0.6 is 0 Å². The van der Waals surface area contributed by atoms with E-state index in [2.05, 4.69) is 15.6 Å². The van der Waals surface area contributed by atoms with Gasteiger partial charge in [0.2, 0.25) is 0 Å². The second-order valence-electron chi connectivity index (χ2n) is 6.35. The molecule has 26 heavy (non-hydrogen) atoms. The van der Waals surface area contributed by atoms with Crippen LogP contribution in [0.25, 0.3) is 10.9 Å². The Bertz CT molecular complexity index is 907. The molecule has 1 atom stereocenters. The van der Waals surface area contributed by atoms with Gasteiger partial charge in [-0.1, -0.05) is 12.1 Å². The number of carbonyl (C=O) groups is 2. The monoisotopic (exact) mass is 354 g/mol. The van der Waals surface area contributed by atoms with Crippen LogP contribution in [0.3, 0.4) is 0 Å². The van der Waals surface area contributed by atoms with Crippen molar-refractivity contribution in [3.63, 3.8) is 0 Å². The summed E-state index contributed by atoms with van der Waals surface area (Å²) in [6.45, 7) is 3.96. The minimum Gasteiger partial charge on any atom is -0.494 e. The van der Waals surface area contributed by atoms with Crippen LogP contribution in [0.4, 0.5) is 4.79 Å². The van der Waals surface area contributed by atoms with Crippen molar-refractivity contribution in [1.29, 1.82) is 0 Å². The normalized spacial score (nSPS) is 16.9. The van der Waals surface area contributed by atoms with Crippen LogP contribution in [0.2, 0.25) is 0 Å². The lowest BCUT2D eigenvalue weighted by Crippen LogP contribution is -2.50. The fourth-order valence-corrected chi connectivity index (χ4v) is 3.25. The summed E-state index contributed by atoms with van der Waals surface area (Å²) in [5.41, 5.74) is 2.88. The topological polar surface area (TPSA) is 83.6 Å². The van der Waals surface area contributed by atoms with E-state index in [0.717, 1.165) is 16.5 Å². The number of carbonyl (C=O) groups excluding carboxylic acids is 2. The summed E-state index contributed by atoms with van der Waals surface area (Å²) in [5, 5.41) is 6.33. The largest absolute Gasteiger partial charge is 0.494 e. The fraction of sp³-hybridized carbons (Fsp3) is 0.316. The Morgan fingerprint density at radius 1 is 1.35 bits per heavy atom. The third kappa shape index (κ3) is 3.20. The summed E-state index contributed by atoms with van der Waals surface area (Å²) in [5.74, 6) is 0.569. The lowest BCUT2D eigenvalue weighted by Gasteiger charge is -2.29. The number of fused-ring (bicyclic) bond motifs is 1. The molecule has 0 bridgehead atoms. The Balaban J connectivity index is 1.90. The molecule has 0 fully saturated rings. The van der Waals surface area contributed by atoms with Crippen LogP contribution < -0.4 is 15.4 Å². The molecule has 0 spiro atoms. The molecular formula is C19H22N4O3. The van der Waals surface area contributed by atoms with Crippen molar-refractivity contribution in [3.8, 4) is 5.75 Å². The first kappa shape index (κ1) is 17.7. The second-order valence-corrected chi connectivity index (χ2v) is 6.35. The summed E-state index contributed by atoms with van der Waals surface area (Å²) >= 11 is 0. The standard InChI is InChI=1S/C19H22N4O3/c1-11-16(12(2)22-19(25)21-11)18(24)23(3)10-13-7-8-15(26-4)17-14(13)6-5-9-20-17/h5-9,11H,10H2,1-4H3,(H2,21,22,25)/t11-/m1/s1. The minimum absolute atomic E-state index is 0.129. The molecule has 136 valence electrons. The molecule has 0 radical (unpaired) electrons. The Hall–Kier alpha value is -3.09. The number of pyridine rings is 1. The van der Waals surface area contributed by atoms with Gasteiger partial charge >= 0.3 is 6.03 Å². The first-order chi connectivity index (χ1) is 12.4. The number of aromatic nitrogens is 1. The minimum atomic E-state index is -0.340. The lowest BCUT2D eigenvalue weighted by molar-refractivity contribution is -0.126. The van der Waals surface area contributed by atoms with Crippen molar-refractivity contribution in [2.24, 2.45) is 0 Å². The number of benzene rings is 1. The van der Waals surface area contributed by atoms with E-state index < -0.39 is 0 Å². The van der Waals surface area contributed by atoms with E-state index in [-0.39, 0.29) is 18.0 Å². The first-order valence-corrected chi connectivity index (χ1v) is 8.36. The molecule has 2 N–H and O–H groups in total. The Kier molecular flexibility index (Phi) is 4.79. The SMILES string of the molecule is COc1ccc(CN(C)C(=O)C2=C(C)NC(=O)N[C@@H]2C)c2cccnc12. The van der Waals surface area contributed by atoms with E-state index in [1.807, 2.05) is 24.3 Å². The third-order valence-electron chi connectivity index (χ3n) is 4.51. The zero-order valence-corrected chi connectivity index (χ0v) is 15.3. The van der Waals surface area contributed by atoms with Gasteiger partial charge < -0.3 is 20.3 Å². The van der Waals surface area contributed by atoms with Gasteiger partial charge in [0.1, 0.15) is 11.3 Å². The number of hydrogen-bond acceptors (Lipinski definition) is 4. The summed E-state index contributed by atoms with van der Waals surface area (Å²) in [6, 6.07) is 7.00.